The molecule has 30 heavy (non-hydrogen) atoms. The van der Waals surface area contributed by atoms with E-state index in [2.05, 4.69) is 58.5 Å². The highest BCUT2D eigenvalue weighted by Gasteiger charge is 2.06. The van der Waals surface area contributed by atoms with E-state index in [1.165, 1.54) is 36.5 Å². The van der Waals surface area contributed by atoms with Crippen LogP contribution in [0.5, 0.6) is 0 Å². The van der Waals surface area contributed by atoms with Gasteiger partial charge in [-0.2, -0.15) is 0 Å². The number of benzene rings is 3. The summed E-state index contributed by atoms with van der Waals surface area (Å²) in [5.41, 5.74) is 5.28. The summed E-state index contributed by atoms with van der Waals surface area (Å²) < 4.78 is 0. The molecule has 0 spiro atoms. The van der Waals surface area contributed by atoms with Crippen molar-refractivity contribution >= 4 is 21.8 Å². The van der Waals surface area contributed by atoms with Crippen LogP contribution in [0.1, 0.15) is 24.0 Å². The second-order valence-electron chi connectivity index (χ2n) is 7.37. The third kappa shape index (κ3) is 5.30. The van der Waals surface area contributed by atoms with Gasteiger partial charge in [-0.15, -0.1) is 0 Å². The van der Waals surface area contributed by atoms with Crippen molar-refractivity contribution < 1.29 is 0 Å². The number of fused-ring (bicyclic) bond motifs is 3. The van der Waals surface area contributed by atoms with Gasteiger partial charge in [0.1, 0.15) is 0 Å². The zero-order valence-electron chi connectivity index (χ0n) is 17.1. The van der Waals surface area contributed by atoms with Crippen molar-refractivity contribution in [2.45, 2.75) is 25.7 Å². The number of hydrogen-bond acceptors (Lipinski definition) is 2. The maximum absolute atomic E-state index is 4.18. The van der Waals surface area contributed by atoms with Crippen molar-refractivity contribution in [2.24, 2.45) is 0 Å². The first kappa shape index (κ1) is 19.8. The van der Waals surface area contributed by atoms with Crippen LogP contribution < -0.4 is 0 Å². The maximum Gasteiger partial charge on any atom is 0.0701 e. The standard InChI is InChI=1S/C10H12.2C9H7N/c1-2-6-10-8-4-3-7-9(10)5-1;2*1-2-6-9-8(4-1)5-3-7-10-9/h1-2,5-6H,3-4,7-8H2;2*1-7H. The van der Waals surface area contributed by atoms with Crippen LogP contribution in [0.3, 0.4) is 0 Å². The Morgan fingerprint density at radius 2 is 0.833 bits per heavy atom. The van der Waals surface area contributed by atoms with Crippen molar-refractivity contribution in [3.05, 3.63) is 121 Å². The summed E-state index contributed by atoms with van der Waals surface area (Å²) in [6.07, 6.45) is 8.99. The molecule has 3 aromatic carbocycles. The zero-order valence-corrected chi connectivity index (χ0v) is 17.1. The number of rotatable bonds is 0. The Labute approximate surface area is 178 Å². The number of hydrogen-bond donors (Lipinski definition) is 0. The molecule has 2 heterocycles. The lowest BCUT2D eigenvalue weighted by molar-refractivity contribution is 0.685. The molecule has 148 valence electrons. The summed E-state index contributed by atoms with van der Waals surface area (Å²) in [6.45, 7) is 0. The van der Waals surface area contributed by atoms with Gasteiger partial charge in [0.15, 0.2) is 0 Å². The third-order valence-corrected chi connectivity index (χ3v) is 5.29. The molecule has 1 aliphatic carbocycles. The Morgan fingerprint density at radius 1 is 0.433 bits per heavy atom. The molecule has 0 amide bonds. The van der Waals surface area contributed by atoms with E-state index in [-0.39, 0.29) is 0 Å². The molecule has 0 aliphatic heterocycles. The minimum Gasteiger partial charge on any atom is -0.256 e. The Bertz CT molecular complexity index is 986. The van der Waals surface area contributed by atoms with E-state index in [1.54, 1.807) is 11.1 Å². The van der Waals surface area contributed by atoms with Crippen LogP contribution in [0.15, 0.2) is 109 Å². The normalized spacial score (nSPS) is 12.1. The fourth-order valence-electron chi connectivity index (χ4n) is 3.71. The van der Waals surface area contributed by atoms with Gasteiger partial charge in [-0.3, -0.25) is 9.97 Å². The molecule has 6 rings (SSSR count). The van der Waals surface area contributed by atoms with Crippen LogP contribution in [-0.4, -0.2) is 9.97 Å². The lowest BCUT2D eigenvalue weighted by atomic mass is 9.92. The first-order chi connectivity index (χ1) is 14.9. The summed E-state index contributed by atoms with van der Waals surface area (Å²) >= 11 is 0. The van der Waals surface area contributed by atoms with Crippen LogP contribution in [0.4, 0.5) is 0 Å². The van der Waals surface area contributed by atoms with Crippen LogP contribution in [0.25, 0.3) is 21.8 Å². The van der Waals surface area contributed by atoms with Crippen LogP contribution in [0, 0.1) is 0 Å². The summed E-state index contributed by atoms with van der Waals surface area (Å²) in [7, 11) is 0. The number of para-hydroxylation sites is 2. The Morgan fingerprint density at radius 3 is 1.30 bits per heavy atom. The molecule has 2 heteroatoms. The number of nitrogens with zero attached hydrogens (tertiary/aromatic N) is 2. The quantitative estimate of drug-likeness (QED) is 0.283. The monoisotopic (exact) mass is 390 g/mol. The number of aromatic nitrogens is 2. The van der Waals surface area contributed by atoms with Gasteiger partial charge >= 0.3 is 0 Å². The summed E-state index contributed by atoms with van der Waals surface area (Å²) in [4.78, 5) is 8.36. The van der Waals surface area contributed by atoms with E-state index in [0.29, 0.717) is 0 Å². The van der Waals surface area contributed by atoms with Crippen LogP contribution in [0.2, 0.25) is 0 Å². The topological polar surface area (TPSA) is 25.8 Å². The third-order valence-electron chi connectivity index (χ3n) is 5.29. The predicted octanol–water partition coefficient (Wildman–Crippen LogP) is 7.04. The Kier molecular flexibility index (Phi) is 6.80. The highest BCUT2D eigenvalue weighted by molar-refractivity contribution is 5.78. The van der Waals surface area contributed by atoms with Crippen molar-refractivity contribution in [3.63, 3.8) is 0 Å². The van der Waals surface area contributed by atoms with Gasteiger partial charge in [-0.05, 0) is 61.1 Å². The molecule has 0 bridgehead atoms. The molecule has 0 fully saturated rings. The van der Waals surface area contributed by atoms with Crippen LogP contribution in [-0.2, 0) is 12.8 Å². The fourth-order valence-corrected chi connectivity index (χ4v) is 3.71. The summed E-state index contributed by atoms with van der Waals surface area (Å²) in [5.74, 6) is 0. The first-order valence-corrected chi connectivity index (χ1v) is 10.6. The van der Waals surface area contributed by atoms with E-state index < -0.39 is 0 Å². The van der Waals surface area contributed by atoms with Crippen molar-refractivity contribution in [3.8, 4) is 0 Å². The van der Waals surface area contributed by atoms with Gasteiger partial charge < -0.3 is 0 Å². The average Bonchev–Trinajstić information content (AvgIpc) is 2.85. The second-order valence-corrected chi connectivity index (χ2v) is 7.37. The van der Waals surface area contributed by atoms with Crippen molar-refractivity contribution in [2.75, 3.05) is 0 Å². The predicted molar refractivity (Wildman–Crippen MR) is 127 cm³/mol. The van der Waals surface area contributed by atoms with E-state index >= 15 is 0 Å². The smallest absolute Gasteiger partial charge is 0.0701 e. The molecular formula is C28H26N2. The van der Waals surface area contributed by atoms with E-state index in [9.17, 15) is 0 Å². The maximum atomic E-state index is 4.18. The van der Waals surface area contributed by atoms with Crippen LogP contribution >= 0.6 is 0 Å². The Hall–Kier alpha value is -3.52. The molecule has 0 radical (unpaired) electrons. The lowest BCUT2D eigenvalue weighted by Gasteiger charge is -2.13. The van der Waals surface area contributed by atoms with Gasteiger partial charge in [-0.1, -0.05) is 72.8 Å². The summed E-state index contributed by atoms with van der Waals surface area (Å²) in [5, 5.41) is 2.40. The highest BCUT2D eigenvalue weighted by Crippen LogP contribution is 2.19. The van der Waals surface area contributed by atoms with Crippen molar-refractivity contribution in [1.29, 1.82) is 0 Å². The highest BCUT2D eigenvalue weighted by atomic mass is 14.6. The van der Waals surface area contributed by atoms with Gasteiger partial charge in [0, 0.05) is 23.2 Å². The molecule has 0 saturated heterocycles. The number of pyridine rings is 2. The SMILES string of the molecule is c1ccc2c(c1)CCCC2.c1ccc2ncccc2c1.c1ccc2ncccc2c1. The number of aryl methyl sites for hydroxylation is 2. The van der Waals surface area contributed by atoms with Gasteiger partial charge in [0.25, 0.3) is 0 Å². The van der Waals surface area contributed by atoms with E-state index in [4.69, 9.17) is 0 Å². The van der Waals surface area contributed by atoms with Gasteiger partial charge in [0.2, 0.25) is 0 Å². The van der Waals surface area contributed by atoms with Crippen molar-refractivity contribution in [1.82, 2.24) is 9.97 Å². The van der Waals surface area contributed by atoms with E-state index in [0.717, 1.165) is 11.0 Å². The van der Waals surface area contributed by atoms with Gasteiger partial charge in [-0.25, -0.2) is 0 Å². The minimum absolute atomic E-state index is 1.06. The molecule has 0 unspecified atom stereocenters. The Balaban J connectivity index is 0.000000109. The molecule has 0 N–H and O–H groups in total. The largest absolute Gasteiger partial charge is 0.256 e. The molecule has 2 aromatic heterocycles. The molecular weight excluding hydrogens is 364 g/mol. The van der Waals surface area contributed by atoms with Gasteiger partial charge in [0.05, 0.1) is 11.0 Å². The fraction of sp³-hybridized carbons (Fsp3) is 0.143. The second kappa shape index (κ2) is 10.3. The molecule has 0 saturated carbocycles. The average molecular weight is 391 g/mol. The minimum atomic E-state index is 1.06. The lowest BCUT2D eigenvalue weighted by Crippen LogP contribution is -2.00. The molecule has 2 nitrogen and oxygen atoms in total. The summed E-state index contributed by atoms with van der Waals surface area (Å²) in [6, 6.07) is 33.0. The molecule has 5 aromatic rings. The molecule has 0 atom stereocenters. The zero-order chi connectivity index (χ0) is 20.4. The molecule has 1 aliphatic rings. The van der Waals surface area contributed by atoms with E-state index in [1.807, 2.05) is 60.9 Å². The first-order valence-electron chi connectivity index (χ1n) is 10.6.